The van der Waals surface area contributed by atoms with Crippen LogP contribution in [0.4, 0.5) is 0 Å². The summed E-state index contributed by atoms with van der Waals surface area (Å²) in [5, 5.41) is 0. The lowest BCUT2D eigenvalue weighted by Crippen LogP contribution is -2.53. The van der Waals surface area contributed by atoms with E-state index in [9.17, 15) is 9.59 Å². The smallest absolute Gasteiger partial charge is 0.145 e. The van der Waals surface area contributed by atoms with E-state index in [1.54, 1.807) is 0 Å². The van der Waals surface area contributed by atoms with Crippen LogP contribution in [0.2, 0.25) is 0 Å². The van der Waals surface area contributed by atoms with Gasteiger partial charge in [-0.2, -0.15) is 0 Å². The summed E-state index contributed by atoms with van der Waals surface area (Å²) in [7, 11) is 0. The van der Waals surface area contributed by atoms with Gasteiger partial charge in [0.2, 0.25) is 0 Å². The minimum atomic E-state index is -0.285. The highest BCUT2D eigenvalue weighted by Crippen LogP contribution is 2.64. The Morgan fingerprint density at radius 1 is 1.29 bits per heavy atom. The third-order valence-corrected chi connectivity index (χ3v) is 5.00. The van der Waals surface area contributed by atoms with Crippen LogP contribution in [0.5, 0.6) is 0 Å². The summed E-state index contributed by atoms with van der Waals surface area (Å²) in [6.45, 7) is 4.09. The number of ketones is 2. The zero-order valence-corrected chi connectivity index (χ0v) is 8.80. The Bertz CT molecular complexity index is 346. The first-order chi connectivity index (χ1) is 6.47. The maximum Gasteiger partial charge on any atom is 0.145 e. The van der Waals surface area contributed by atoms with Gasteiger partial charge in [-0.05, 0) is 25.2 Å². The summed E-state index contributed by atoms with van der Waals surface area (Å²) in [4.78, 5) is 24.1. The molecule has 76 valence electrons. The number of hydrogen-bond acceptors (Lipinski definition) is 2. The van der Waals surface area contributed by atoms with Gasteiger partial charge in [0, 0.05) is 23.2 Å². The predicted octanol–water partition coefficient (Wildman–Crippen LogP) is 1.97. The molecule has 0 heterocycles. The Balaban J connectivity index is 2.17. The van der Waals surface area contributed by atoms with Gasteiger partial charge in [-0.25, -0.2) is 0 Å². The Kier molecular flexibility index (Phi) is 1.31. The second kappa shape index (κ2) is 2.12. The highest BCUT2D eigenvalue weighted by Gasteiger charge is 2.66. The molecule has 14 heavy (non-hydrogen) atoms. The second-order valence-corrected chi connectivity index (χ2v) is 5.91. The molecule has 0 saturated heterocycles. The maximum absolute atomic E-state index is 12.3. The summed E-state index contributed by atoms with van der Waals surface area (Å²) in [6, 6.07) is 0. The Morgan fingerprint density at radius 3 is 2.71 bits per heavy atom. The molecule has 4 saturated carbocycles. The lowest BCUT2D eigenvalue weighted by molar-refractivity contribution is -0.153. The molecule has 0 aromatic carbocycles. The fraction of sp³-hybridized carbons (Fsp3) is 0.833. The average molecular weight is 192 g/mol. The molecule has 4 rings (SSSR count). The molecule has 0 radical (unpaired) electrons. The largest absolute Gasteiger partial charge is 0.299 e. The normalized spacial score (nSPS) is 55.6. The number of carbonyl (C=O) groups is 2. The van der Waals surface area contributed by atoms with E-state index < -0.39 is 0 Å². The highest BCUT2D eigenvalue weighted by atomic mass is 16.1. The van der Waals surface area contributed by atoms with Crippen LogP contribution in [0.3, 0.4) is 0 Å². The van der Waals surface area contributed by atoms with Crippen LogP contribution in [0, 0.1) is 22.7 Å². The summed E-state index contributed by atoms with van der Waals surface area (Å²) in [5.74, 6) is 1.33. The quantitative estimate of drug-likeness (QED) is 0.588. The predicted molar refractivity (Wildman–Crippen MR) is 51.7 cm³/mol. The van der Waals surface area contributed by atoms with Gasteiger partial charge in [-0.1, -0.05) is 13.8 Å². The molecule has 4 bridgehead atoms. The molecule has 0 aromatic rings. The topological polar surface area (TPSA) is 34.1 Å². The Labute approximate surface area is 84.1 Å². The van der Waals surface area contributed by atoms with Crippen molar-refractivity contribution in [3.8, 4) is 0 Å². The molecular weight excluding hydrogens is 176 g/mol. The van der Waals surface area contributed by atoms with Gasteiger partial charge in [0.05, 0.1) is 0 Å². The molecule has 0 amide bonds. The first kappa shape index (κ1) is 8.63. The summed E-state index contributed by atoms with van der Waals surface area (Å²) in [5.41, 5.74) is -0.451. The van der Waals surface area contributed by atoms with Crippen LogP contribution < -0.4 is 0 Å². The van der Waals surface area contributed by atoms with Crippen LogP contribution in [0.1, 0.15) is 39.5 Å². The van der Waals surface area contributed by atoms with E-state index >= 15 is 0 Å². The molecule has 2 nitrogen and oxygen atoms in total. The Morgan fingerprint density at radius 2 is 2.00 bits per heavy atom. The van der Waals surface area contributed by atoms with E-state index in [1.165, 1.54) is 0 Å². The van der Waals surface area contributed by atoms with Crippen molar-refractivity contribution in [3.05, 3.63) is 0 Å². The molecule has 0 aromatic heterocycles. The van der Waals surface area contributed by atoms with Crippen molar-refractivity contribution in [2.45, 2.75) is 39.5 Å². The molecule has 0 aliphatic heterocycles. The molecule has 0 spiro atoms. The fourth-order valence-corrected chi connectivity index (χ4v) is 4.27. The number of carbonyl (C=O) groups excluding carboxylic acids is 2. The number of rotatable bonds is 0. The van der Waals surface area contributed by atoms with Crippen molar-refractivity contribution >= 4 is 11.6 Å². The zero-order chi connectivity index (χ0) is 10.1. The van der Waals surface area contributed by atoms with Gasteiger partial charge in [0.25, 0.3) is 0 Å². The van der Waals surface area contributed by atoms with E-state index in [2.05, 4.69) is 6.92 Å². The van der Waals surface area contributed by atoms with Crippen LogP contribution in [0.15, 0.2) is 0 Å². The van der Waals surface area contributed by atoms with E-state index in [-0.39, 0.29) is 16.7 Å². The van der Waals surface area contributed by atoms with E-state index in [4.69, 9.17) is 0 Å². The lowest BCUT2D eigenvalue weighted by atomic mass is 9.50. The zero-order valence-electron chi connectivity index (χ0n) is 8.80. The second-order valence-electron chi connectivity index (χ2n) is 5.91. The average Bonchev–Trinajstić information content (AvgIpc) is 2.34. The minimum absolute atomic E-state index is 0.166. The van der Waals surface area contributed by atoms with Gasteiger partial charge in [0.1, 0.15) is 11.6 Å². The van der Waals surface area contributed by atoms with Crippen LogP contribution >= 0.6 is 0 Å². The maximum atomic E-state index is 12.3. The molecular formula is C12H16O2. The van der Waals surface area contributed by atoms with E-state index in [0.29, 0.717) is 23.9 Å². The van der Waals surface area contributed by atoms with Gasteiger partial charge in [0.15, 0.2) is 0 Å². The Hall–Kier alpha value is -0.660. The van der Waals surface area contributed by atoms with Crippen molar-refractivity contribution in [1.82, 2.24) is 0 Å². The summed E-state index contributed by atoms with van der Waals surface area (Å²) in [6.07, 6.45) is 3.46. The third kappa shape index (κ3) is 0.709. The summed E-state index contributed by atoms with van der Waals surface area (Å²) < 4.78 is 0. The molecule has 2 heteroatoms. The lowest BCUT2D eigenvalue weighted by Gasteiger charge is -2.51. The van der Waals surface area contributed by atoms with Crippen molar-refractivity contribution in [3.63, 3.8) is 0 Å². The monoisotopic (exact) mass is 192 g/mol. The fourth-order valence-electron chi connectivity index (χ4n) is 4.27. The van der Waals surface area contributed by atoms with E-state index in [1.807, 2.05) is 6.92 Å². The summed E-state index contributed by atoms with van der Waals surface area (Å²) >= 11 is 0. The van der Waals surface area contributed by atoms with Crippen LogP contribution in [-0.2, 0) is 9.59 Å². The first-order valence-electron chi connectivity index (χ1n) is 5.55. The van der Waals surface area contributed by atoms with Gasteiger partial charge in [-0.3, -0.25) is 9.59 Å². The highest BCUT2D eigenvalue weighted by molar-refractivity contribution is 6.01. The van der Waals surface area contributed by atoms with Gasteiger partial charge in [-0.15, -0.1) is 0 Å². The van der Waals surface area contributed by atoms with Crippen LogP contribution in [0.25, 0.3) is 0 Å². The molecule has 0 unspecified atom stereocenters. The van der Waals surface area contributed by atoms with Gasteiger partial charge >= 0.3 is 0 Å². The van der Waals surface area contributed by atoms with E-state index in [0.717, 1.165) is 19.3 Å². The first-order valence-corrected chi connectivity index (χ1v) is 5.55. The molecule has 4 aliphatic carbocycles. The SMILES string of the molecule is C[C@@]12CC[C@H]3[C@@H](C1)C(=O)C[C@]3(C)C2=O. The number of hydrogen-bond donors (Lipinski definition) is 0. The van der Waals surface area contributed by atoms with Crippen molar-refractivity contribution in [2.75, 3.05) is 0 Å². The molecule has 0 N–H and O–H groups in total. The van der Waals surface area contributed by atoms with Gasteiger partial charge < -0.3 is 0 Å². The standard InChI is InChI=1S/C12H16O2/c1-11-4-3-8-7(5-11)9(13)6-12(8,2)10(11)14/h7-8H,3-6H2,1-2H3/t7-,8+,11-,12+/m1/s1. The number of Topliss-reactive ketones (excluding diaryl/α,β-unsaturated/α-hetero) is 2. The molecule has 4 aliphatic rings. The van der Waals surface area contributed by atoms with Crippen molar-refractivity contribution in [1.29, 1.82) is 0 Å². The van der Waals surface area contributed by atoms with Crippen molar-refractivity contribution in [2.24, 2.45) is 22.7 Å². The van der Waals surface area contributed by atoms with Crippen LogP contribution in [-0.4, -0.2) is 11.6 Å². The molecule has 4 fully saturated rings. The third-order valence-electron chi connectivity index (χ3n) is 5.00. The number of fused-ring (bicyclic) bond motifs is 1. The van der Waals surface area contributed by atoms with Crippen molar-refractivity contribution < 1.29 is 9.59 Å². The molecule has 4 atom stereocenters. The minimum Gasteiger partial charge on any atom is -0.299 e.